The van der Waals surface area contributed by atoms with Crippen molar-refractivity contribution in [1.82, 2.24) is 0 Å². The minimum Gasteiger partial charge on any atom is -0.388 e. The van der Waals surface area contributed by atoms with Crippen LogP contribution in [0, 0.1) is 10.8 Å². The Morgan fingerprint density at radius 2 is 0.955 bits per heavy atom. The molecule has 0 unspecified atom stereocenters. The minimum atomic E-state index is 0.429. The van der Waals surface area contributed by atoms with Crippen molar-refractivity contribution in [3.05, 3.63) is 0 Å². The smallest absolute Gasteiger partial charge is 0.0905 e. The largest absolute Gasteiger partial charge is 0.388 e. The Bertz CT molecular complexity index is 288. The zero-order valence-electron chi connectivity index (χ0n) is 16.3. The van der Waals surface area contributed by atoms with Gasteiger partial charge in [0.1, 0.15) is 0 Å². The first-order valence-electron chi connectivity index (χ1n) is 8.36. The second-order valence-electron chi connectivity index (χ2n) is 8.37. The van der Waals surface area contributed by atoms with Gasteiger partial charge in [-0.25, -0.2) is 0 Å². The number of amidine groups is 2. The van der Waals surface area contributed by atoms with Crippen LogP contribution in [-0.4, -0.2) is 24.8 Å². The molecule has 0 aliphatic carbocycles. The minimum absolute atomic E-state index is 0.429. The van der Waals surface area contributed by atoms with Crippen LogP contribution >= 0.6 is 0 Å². The standard InChI is InChI=1S/2C9H20N2/c2*1-8(10)11-7-5-6-9(2,3)4/h2*5-7H2,1-4H3,(H2,10,11). The topological polar surface area (TPSA) is 76.8 Å². The van der Waals surface area contributed by atoms with Crippen LogP contribution in [0.2, 0.25) is 0 Å². The zero-order valence-corrected chi connectivity index (χ0v) is 16.3. The molecule has 0 fully saturated rings. The van der Waals surface area contributed by atoms with Crippen molar-refractivity contribution in [3.8, 4) is 0 Å². The van der Waals surface area contributed by atoms with E-state index in [9.17, 15) is 0 Å². The third kappa shape index (κ3) is 27.3. The quantitative estimate of drug-likeness (QED) is 0.434. The van der Waals surface area contributed by atoms with Crippen LogP contribution in [0.4, 0.5) is 0 Å². The SMILES string of the molecule is CC(N)=NCCCC(C)(C)C.CC(N)=NCCCC(C)(C)C. The highest BCUT2D eigenvalue weighted by molar-refractivity contribution is 5.77. The molecule has 0 saturated carbocycles. The molecule has 0 rings (SSSR count). The maximum Gasteiger partial charge on any atom is 0.0905 e. The highest BCUT2D eigenvalue weighted by Gasteiger charge is 2.08. The van der Waals surface area contributed by atoms with E-state index in [1.165, 1.54) is 12.8 Å². The molecule has 0 spiro atoms. The van der Waals surface area contributed by atoms with Gasteiger partial charge in [-0.1, -0.05) is 41.5 Å². The van der Waals surface area contributed by atoms with E-state index >= 15 is 0 Å². The summed E-state index contributed by atoms with van der Waals surface area (Å²) in [7, 11) is 0. The van der Waals surface area contributed by atoms with Crippen molar-refractivity contribution < 1.29 is 0 Å². The van der Waals surface area contributed by atoms with Gasteiger partial charge in [0.25, 0.3) is 0 Å². The predicted octanol–water partition coefficient (Wildman–Crippen LogP) is 4.38. The first-order chi connectivity index (χ1) is 9.83. The van der Waals surface area contributed by atoms with Crippen molar-refractivity contribution in [2.75, 3.05) is 13.1 Å². The van der Waals surface area contributed by atoms with E-state index in [-0.39, 0.29) is 0 Å². The molecule has 0 atom stereocenters. The molecule has 0 heterocycles. The van der Waals surface area contributed by atoms with Gasteiger partial charge < -0.3 is 11.5 Å². The Hall–Kier alpha value is -1.06. The lowest BCUT2D eigenvalue weighted by Gasteiger charge is -2.16. The highest BCUT2D eigenvalue weighted by Crippen LogP contribution is 2.20. The van der Waals surface area contributed by atoms with E-state index in [2.05, 4.69) is 51.5 Å². The second kappa shape index (κ2) is 11.5. The van der Waals surface area contributed by atoms with Crippen LogP contribution in [0.1, 0.15) is 81.1 Å². The van der Waals surface area contributed by atoms with Crippen LogP contribution in [0.25, 0.3) is 0 Å². The van der Waals surface area contributed by atoms with Gasteiger partial charge in [0, 0.05) is 13.1 Å². The van der Waals surface area contributed by atoms with Crippen molar-refractivity contribution in [2.24, 2.45) is 32.3 Å². The molecule has 0 aliphatic heterocycles. The van der Waals surface area contributed by atoms with Gasteiger partial charge in [0.05, 0.1) is 11.7 Å². The van der Waals surface area contributed by atoms with Gasteiger partial charge in [-0.15, -0.1) is 0 Å². The average Bonchev–Trinajstić information content (AvgIpc) is 2.28. The van der Waals surface area contributed by atoms with E-state index < -0.39 is 0 Å². The molecule has 0 aromatic rings. The number of rotatable bonds is 6. The van der Waals surface area contributed by atoms with Crippen molar-refractivity contribution in [2.45, 2.75) is 81.1 Å². The molecule has 132 valence electrons. The Kier molecular flexibility index (Phi) is 12.1. The molecule has 4 N–H and O–H groups in total. The molecular formula is C18H40N4. The van der Waals surface area contributed by atoms with E-state index in [0.717, 1.165) is 25.9 Å². The van der Waals surface area contributed by atoms with Crippen molar-refractivity contribution >= 4 is 11.7 Å². The summed E-state index contributed by atoms with van der Waals surface area (Å²) in [6.45, 7) is 18.9. The highest BCUT2D eigenvalue weighted by atomic mass is 14.8. The fourth-order valence-corrected chi connectivity index (χ4v) is 1.73. The summed E-state index contributed by atoms with van der Waals surface area (Å²) in [5.74, 6) is 1.39. The summed E-state index contributed by atoms with van der Waals surface area (Å²) in [6, 6.07) is 0. The van der Waals surface area contributed by atoms with Gasteiger partial charge in [-0.2, -0.15) is 0 Å². The van der Waals surface area contributed by atoms with Crippen molar-refractivity contribution in [3.63, 3.8) is 0 Å². The molecule has 0 bridgehead atoms. The molecule has 0 radical (unpaired) electrons. The Morgan fingerprint density at radius 1 is 0.682 bits per heavy atom. The molecule has 0 aromatic heterocycles. The lowest BCUT2D eigenvalue weighted by Crippen LogP contribution is -2.08. The summed E-state index contributed by atoms with van der Waals surface area (Å²) in [4.78, 5) is 8.24. The molecule has 0 aliphatic rings. The number of nitrogens with two attached hydrogens (primary N) is 2. The lowest BCUT2D eigenvalue weighted by molar-refractivity contribution is 0.368. The van der Waals surface area contributed by atoms with E-state index in [1.807, 2.05) is 13.8 Å². The summed E-state index contributed by atoms with van der Waals surface area (Å²) < 4.78 is 0. The lowest BCUT2D eigenvalue weighted by atomic mass is 9.91. The number of hydrogen-bond acceptors (Lipinski definition) is 2. The summed E-state index contributed by atoms with van der Waals surface area (Å²) >= 11 is 0. The summed E-state index contributed by atoms with van der Waals surface area (Å²) in [6.07, 6.45) is 4.70. The van der Waals surface area contributed by atoms with E-state index in [0.29, 0.717) is 22.5 Å². The molecule has 4 heteroatoms. The molecule has 0 amide bonds. The molecule has 0 saturated heterocycles. The van der Waals surface area contributed by atoms with E-state index in [4.69, 9.17) is 11.5 Å². The maximum absolute atomic E-state index is 5.39. The van der Waals surface area contributed by atoms with Crippen LogP contribution in [0.15, 0.2) is 9.98 Å². The van der Waals surface area contributed by atoms with Crippen LogP contribution in [0.3, 0.4) is 0 Å². The van der Waals surface area contributed by atoms with Crippen molar-refractivity contribution in [1.29, 1.82) is 0 Å². The third-order valence-corrected chi connectivity index (χ3v) is 2.89. The summed E-state index contributed by atoms with van der Waals surface area (Å²) in [5.41, 5.74) is 11.6. The molecule has 0 aromatic carbocycles. The zero-order chi connectivity index (χ0) is 17.8. The maximum atomic E-state index is 5.39. The number of nitrogens with zero attached hydrogens (tertiary/aromatic N) is 2. The predicted molar refractivity (Wildman–Crippen MR) is 102 cm³/mol. The Morgan fingerprint density at radius 3 is 1.14 bits per heavy atom. The number of aliphatic imine (C=N–C) groups is 2. The van der Waals surface area contributed by atoms with Gasteiger partial charge in [-0.05, 0) is 50.4 Å². The normalized spacial score (nSPS) is 13.6. The van der Waals surface area contributed by atoms with Crippen LogP contribution in [-0.2, 0) is 0 Å². The van der Waals surface area contributed by atoms with Crippen LogP contribution in [0.5, 0.6) is 0 Å². The number of hydrogen-bond donors (Lipinski definition) is 2. The Labute approximate surface area is 138 Å². The van der Waals surface area contributed by atoms with Gasteiger partial charge >= 0.3 is 0 Å². The second-order valence-corrected chi connectivity index (χ2v) is 8.37. The molecule has 4 nitrogen and oxygen atoms in total. The van der Waals surface area contributed by atoms with E-state index in [1.54, 1.807) is 0 Å². The molecular weight excluding hydrogens is 272 g/mol. The fraction of sp³-hybridized carbons (Fsp3) is 0.889. The van der Waals surface area contributed by atoms with Crippen LogP contribution < -0.4 is 11.5 Å². The third-order valence-electron chi connectivity index (χ3n) is 2.89. The van der Waals surface area contributed by atoms with Gasteiger partial charge in [0.15, 0.2) is 0 Å². The van der Waals surface area contributed by atoms with Gasteiger partial charge in [-0.3, -0.25) is 9.98 Å². The monoisotopic (exact) mass is 312 g/mol. The summed E-state index contributed by atoms with van der Waals surface area (Å²) in [5, 5.41) is 0. The first kappa shape index (κ1) is 23.2. The average molecular weight is 313 g/mol. The van der Waals surface area contributed by atoms with Gasteiger partial charge in [0.2, 0.25) is 0 Å². The first-order valence-corrected chi connectivity index (χ1v) is 8.36. The molecule has 22 heavy (non-hydrogen) atoms. The Balaban J connectivity index is 0. The fourth-order valence-electron chi connectivity index (χ4n) is 1.73.